The predicted octanol–water partition coefficient (Wildman–Crippen LogP) is 2.16. The van der Waals surface area contributed by atoms with E-state index < -0.39 is 0 Å². The molecule has 0 atom stereocenters. The molecular weight excluding hydrogens is 204 g/mol. The van der Waals surface area contributed by atoms with Gasteiger partial charge in [0.05, 0.1) is 0 Å². The van der Waals surface area contributed by atoms with Gasteiger partial charge in [-0.05, 0) is 17.7 Å². The lowest BCUT2D eigenvalue weighted by Gasteiger charge is -2.02. The summed E-state index contributed by atoms with van der Waals surface area (Å²) in [5.74, 6) is 0.709. The average Bonchev–Trinajstić information content (AvgIpc) is 2.65. The van der Waals surface area contributed by atoms with E-state index in [9.17, 15) is 4.79 Å². The fourth-order valence-corrected chi connectivity index (χ4v) is 1.52. The van der Waals surface area contributed by atoms with Crippen LogP contribution in [0.2, 0.25) is 0 Å². The molecule has 0 aliphatic heterocycles. The lowest BCUT2D eigenvalue weighted by atomic mass is 10.2. The van der Waals surface area contributed by atoms with E-state index in [-0.39, 0.29) is 5.91 Å². The highest BCUT2D eigenvalue weighted by Gasteiger charge is 2.03. The molecule has 1 aromatic carbocycles. The largest absolute Gasteiger partial charge is 0.441 e. The molecule has 0 bridgehead atoms. The van der Waals surface area contributed by atoms with Gasteiger partial charge in [-0.1, -0.05) is 13.0 Å². The normalized spacial score (nSPS) is 10.6. The molecule has 0 radical (unpaired) electrons. The summed E-state index contributed by atoms with van der Waals surface area (Å²) in [5, 5.41) is 2.82. The molecule has 4 nitrogen and oxygen atoms in total. The summed E-state index contributed by atoms with van der Waals surface area (Å²) < 4.78 is 5.37. The van der Waals surface area contributed by atoms with Gasteiger partial charge in [-0.15, -0.1) is 0 Å². The molecule has 0 spiro atoms. The highest BCUT2D eigenvalue weighted by molar-refractivity contribution is 5.76. The summed E-state index contributed by atoms with van der Waals surface area (Å²) >= 11 is 0. The maximum atomic E-state index is 11.1. The first-order chi connectivity index (χ1) is 7.69. The van der Waals surface area contributed by atoms with Crippen LogP contribution >= 0.6 is 0 Å². The van der Waals surface area contributed by atoms with Crippen molar-refractivity contribution in [2.75, 3.05) is 0 Å². The standard InChI is InChI=1S/C12H14N2O2/c1-3-12(15)13-7-9-4-5-11-10(6-9)14-8(2)16-11/h4-6H,3,7H2,1-2H3,(H,13,15). The molecule has 84 valence electrons. The topological polar surface area (TPSA) is 55.1 Å². The first-order valence-electron chi connectivity index (χ1n) is 5.32. The van der Waals surface area contributed by atoms with Crippen LogP contribution in [0.25, 0.3) is 11.1 Å². The molecule has 0 saturated carbocycles. The fraction of sp³-hybridized carbons (Fsp3) is 0.333. The number of nitrogens with zero attached hydrogens (tertiary/aromatic N) is 1. The van der Waals surface area contributed by atoms with E-state index in [0.29, 0.717) is 18.9 Å². The molecule has 0 fully saturated rings. The molecule has 4 heteroatoms. The number of benzene rings is 1. The van der Waals surface area contributed by atoms with Crippen LogP contribution in [-0.2, 0) is 11.3 Å². The average molecular weight is 218 g/mol. The highest BCUT2D eigenvalue weighted by Crippen LogP contribution is 2.16. The van der Waals surface area contributed by atoms with Crippen LogP contribution in [0.1, 0.15) is 24.8 Å². The lowest BCUT2D eigenvalue weighted by molar-refractivity contribution is -0.120. The van der Waals surface area contributed by atoms with Gasteiger partial charge in [0.2, 0.25) is 5.91 Å². The zero-order chi connectivity index (χ0) is 11.5. The molecule has 0 unspecified atom stereocenters. The first kappa shape index (κ1) is 10.7. The predicted molar refractivity (Wildman–Crippen MR) is 60.9 cm³/mol. The second-order valence-electron chi connectivity index (χ2n) is 3.67. The zero-order valence-corrected chi connectivity index (χ0v) is 9.41. The minimum atomic E-state index is 0.0523. The second-order valence-corrected chi connectivity index (χ2v) is 3.67. The Morgan fingerprint density at radius 2 is 2.31 bits per heavy atom. The number of carbonyl (C=O) groups excluding carboxylic acids is 1. The number of hydrogen-bond donors (Lipinski definition) is 1. The van der Waals surface area contributed by atoms with Crippen LogP contribution < -0.4 is 5.32 Å². The number of hydrogen-bond acceptors (Lipinski definition) is 3. The van der Waals surface area contributed by atoms with Gasteiger partial charge in [-0.25, -0.2) is 4.98 Å². The fourth-order valence-electron chi connectivity index (χ4n) is 1.52. The van der Waals surface area contributed by atoms with E-state index >= 15 is 0 Å². The summed E-state index contributed by atoms with van der Waals surface area (Å²) in [5.41, 5.74) is 2.64. The Balaban J connectivity index is 2.16. The molecule has 16 heavy (non-hydrogen) atoms. The first-order valence-corrected chi connectivity index (χ1v) is 5.32. The van der Waals surface area contributed by atoms with Crippen molar-refractivity contribution in [1.29, 1.82) is 0 Å². The van der Waals surface area contributed by atoms with Crippen LogP contribution in [0, 0.1) is 6.92 Å². The van der Waals surface area contributed by atoms with Gasteiger partial charge in [-0.3, -0.25) is 4.79 Å². The molecule has 1 N–H and O–H groups in total. The van der Waals surface area contributed by atoms with Gasteiger partial charge < -0.3 is 9.73 Å². The van der Waals surface area contributed by atoms with Crippen molar-refractivity contribution < 1.29 is 9.21 Å². The maximum absolute atomic E-state index is 11.1. The summed E-state index contributed by atoms with van der Waals surface area (Å²) in [6.07, 6.45) is 0.505. The number of rotatable bonds is 3. The van der Waals surface area contributed by atoms with E-state index in [2.05, 4.69) is 10.3 Å². The molecule has 0 aliphatic rings. The lowest BCUT2D eigenvalue weighted by Crippen LogP contribution is -2.21. The van der Waals surface area contributed by atoms with Crippen LogP contribution in [0.3, 0.4) is 0 Å². The molecule has 1 aromatic heterocycles. The van der Waals surface area contributed by atoms with Crippen LogP contribution in [0.4, 0.5) is 0 Å². The molecule has 0 aliphatic carbocycles. The second kappa shape index (κ2) is 4.35. The number of nitrogens with one attached hydrogen (secondary N) is 1. The van der Waals surface area contributed by atoms with Gasteiger partial charge in [0, 0.05) is 19.9 Å². The Bertz CT molecular complexity index is 517. The Morgan fingerprint density at radius 1 is 1.50 bits per heavy atom. The number of carbonyl (C=O) groups is 1. The van der Waals surface area contributed by atoms with E-state index in [1.54, 1.807) is 0 Å². The number of amides is 1. The summed E-state index contributed by atoms with van der Waals surface area (Å²) in [6.45, 7) is 4.19. The maximum Gasteiger partial charge on any atom is 0.219 e. The SMILES string of the molecule is CCC(=O)NCc1ccc2oc(C)nc2c1. The number of fused-ring (bicyclic) bond motifs is 1. The van der Waals surface area contributed by atoms with Crippen LogP contribution in [0.5, 0.6) is 0 Å². The number of oxazole rings is 1. The Morgan fingerprint density at radius 3 is 3.06 bits per heavy atom. The van der Waals surface area contributed by atoms with Crippen LogP contribution in [-0.4, -0.2) is 10.9 Å². The third kappa shape index (κ3) is 2.21. The molecule has 0 saturated heterocycles. The summed E-state index contributed by atoms with van der Waals surface area (Å²) in [7, 11) is 0. The molecule has 2 aromatic rings. The van der Waals surface area contributed by atoms with Gasteiger partial charge in [0.25, 0.3) is 0 Å². The summed E-state index contributed by atoms with van der Waals surface area (Å²) in [4.78, 5) is 15.3. The van der Waals surface area contributed by atoms with Gasteiger partial charge in [0.1, 0.15) is 5.52 Å². The smallest absolute Gasteiger partial charge is 0.219 e. The van der Waals surface area contributed by atoms with E-state index in [1.165, 1.54) is 0 Å². The molecule has 1 amide bonds. The van der Waals surface area contributed by atoms with E-state index in [4.69, 9.17) is 4.42 Å². The Hall–Kier alpha value is -1.84. The molecular formula is C12H14N2O2. The summed E-state index contributed by atoms with van der Waals surface area (Å²) in [6, 6.07) is 5.74. The van der Waals surface area contributed by atoms with E-state index in [0.717, 1.165) is 16.7 Å². The van der Waals surface area contributed by atoms with E-state index in [1.807, 2.05) is 32.0 Å². The van der Waals surface area contributed by atoms with Gasteiger partial charge in [-0.2, -0.15) is 0 Å². The van der Waals surface area contributed by atoms with Gasteiger partial charge >= 0.3 is 0 Å². The van der Waals surface area contributed by atoms with Crippen molar-refractivity contribution in [3.05, 3.63) is 29.7 Å². The minimum absolute atomic E-state index is 0.0523. The Kier molecular flexibility index (Phi) is 2.90. The minimum Gasteiger partial charge on any atom is -0.441 e. The highest BCUT2D eigenvalue weighted by atomic mass is 16.3. The van der Waals surface area contributed by atoms with Crippen molar-refractivity contribution in [3.63, 3.8) is 0 Å². The van der Waals surface area contributed by atoms with Crippen LogP contribution in [0.15, 0.2) is 22.6 Å². The monoisotopic (exact) mass is 218 g/mol. The molecule has 1 heterocycles. The molecule has 2 rings (SSSR count). The van der Waals surface area contributed by atoms with Crippen molar-refractivity contribution in [1.82, 2.24) is 10.3 Å². The van der Waals surface area contributed by atoms with Crippen molar-refractivity contribution in [2.45, 2.75) is 26.8 Å². The van der Waals surface area contributed by atoms with Crippen molar-refractivity contribution in [2.24, 2.45) is 0 Å². The number of aromatic nitrogens is 1. The third-order valence-corrected chi connectivity index (χ3v) is 2.37. The zero-order valence-electron chi connectivity index (χ0n) is 9.41. The number of aryl methyl sites for hydroxylation is 1. The van der Waals surface area contributed by atoms with Gasteiger partial charge in [0.15, 0.2) is 11.5 Å². The quantitative estimate of drug-likeness (QED) is 0.858. The third-order valence-electron chi connectivity index (χ3n) is 2.37. The van der Waals surface area contributed by atoms with Crippen molar-refractivity contribution in [3.8, 4) is 0 Å². The van der Waals surface area contributed by atoms with Crippen molar-refractivity contribution >= 4 is 17.0 Å². The Labute approximate surface area is 93.7 Å².